The molecule has 7 heteroatoms. The molecule has 0 unspecified atom stereocenters. The third kappa shape index (κ3) is 3.55. The molecule has 0 aliphatic heterocycles. The second kappa shape index (κ2) is 7.98. The van der Waals surface area contributed by atoms with Gasteiger partial charge in [-0.15, -0.1) is 0 Å². The maximum atomic E-state index is 12.9. The van der Waals surface area contributed by atoms with Crippen molar-refractivity contribution in [3.63, 3.8) is 0 Å². The number of fused-ring (bicyclic) bond motifs is 3. The Balaban J connectivity index is 1.42. The van der Waals surface area contributed by atoms with Crippen LogP contribution in [0.5, 0.6) is 0 Å². The molecule has 32 heavy (non-hydrogen) atoms. The summed E-state index contributed by atoms with van der Waals surface area (Å²) >= 11 is 6.16. The highest BCUT2D eigenvalue weighted by molar-refractivity contribution is 6.31. The molecule has 6 nitrogen and oxygen atoms in total. The molecule has 1 aromatic heterocycles. The number of carbonyl (C=O) groups is 1. The Kier molecular flexibility index (Phi) is 4.99. The topological polar surface area (TPSA) is 84.0 Å². The number of hydrogen-bond donors (Lipinski definition) is 2. The Hall–Kier alpha value is -3.90. The highest BCUT2D eigenvalue weighted by Gasteiger charge is 2.20. The smallest absolute Gasteiger partial charge is 0.322 e. The van der Waals surface area contributed by atoms with Crippen molar-refractivity contribution in [3.8, 4) is 11.1 Å². The van der Waals surface area contributed by atoms with E-state index in [0.717, 1.165) is 28.3 Å². The molecule has 1 aliphatic carbocycles. The molecule has 1 aliphatic rings. The fourth-order valence-corrected chi connectivity index (χ4v) is 4.23. The van der Waals surface area contributed by atoms with Crippen molar-refractivity contribution in [1.82, 2.24) is 9.55 Å². The molecular weight excluding hydrogens is 426 g/mol. The van der Waals surface area contributed by atoms with Gasteiger partial charge in [0, 0.05) is 16.9 Å². The molecule has 0 saturated heterocycles. The van der Waals surface area contributed by atoms with Gasteiger partial charge in [-0.2, -0.15) is 0 Å². The largest absolute Gasteiger partial charge is 0.328 e. The van der Waals surface area contributed by atoms with Crippen molar-refractivity contribution in [3.05, 3.63) is 121 Å². The number of rotatable bonds is 4. The van der Waals surface area contributed by atoms with Crippen molar-refractivity contribution < 1.29 is 4.79 Å². The number of aromatic amines is 1. The van der Waals surface area contributed by atoms with Gasteiger partial charge in [0.2, 0.25) is 0 Å². The average Bonchev–Trinajstić information content (AvgIpc) is 3.15. The summed E-state index contributed by atoms with van der Waals surface area (Å²) in [6.07, 6.45) is 1.94. The third-order valence-electron chi connectivity index (χ3n) is 5.64. The lowest BCUT2D eigenvalue weighted by Crippen LogP contribution is -2.39. The van der Waals surface area contributed by atoms with Gasteiger partial charge in [0.1, 0.15) is 5.56 Å². The fraction of sp³-hybridized carbons (Fsp3) is 0.0800. The maximum absolute atomic E-state index is 12.9. The van der Waals surface area contributed by atoms with Gasteiger partial charge in [0.15, 0.2) is 0 Å². The highest BCUT2D eigenvalue weighted by Crippen LogP contribution is 2.37. The van der Waals surface area contributed by atoms with Crippen molar-refractivity contribution in [2.45, 2.75) is 13.0 Å². The normalized spacial score (nSPS) is 11.7. The van der Waals surface area contributed by atoms with Crippen LogP contribution in [0.3, 0.4) is 0 Å². The summed E-state index contributed by atoms with van der Waals surface area (Å²) in [4.78, 5) is 40.5. The van der Waals surface area contributed by atoms with Gasteiger partial charge >= 0.3 is 5.69 Å². The monoisotopic (exact) mass is 443 g/mol. The van der Waals surface area contributed by atoms with Crippen molar-refractivity contribution in [2.24, 2.45) is 0 Å². The molecule has 0 spiro atoms. The lowest BCUT2D eigenvalue weighted by molar-refractivity contribution is 0.102. The summed E-state index contributed by atoms with van der Waals surface area (Å²) in [5.41, 5.74) is 4.45. The molecule has 4 aromatic rings. The van der Waals surface area contributed by atoms with Gasteiger partial charge in [-0.3, -0.25) is 14.2 Å². The third-order valence-corrected chi connectivity index (χ3v) is 6.01. The van der Waals surface area contributed by atoms with Crippen LogP contribution in [0.1, 0.15) is 27.0 Å². The highest BCUT2D eigenvalue weighted by atomic mass is 35.5. The van der Waals surface area contributed by atoms with E-state index in [2.05, 4.69) is 22.4 Å². The molecule has 0 radical (unpaired) electrons. The number of H-pyrrole nitrogens is 1. The van der Waals surface area contributed by atoms with Crippen LogP contribution >= 0.6 is 11.6 Å². The van der Waals surface area contributed by atoms with E-state index in [0.29, 0.717) is 16.3 Å². The first-order valence-electron chi connectivity index (χ1n) is 10.1. The van der Waals surface area contributed by atoms with Crippen molar-refractivity contribution in [1.29, 1.82) is 0 Å². The van der Waals surface area contributed by atoms with Gasteiger partial charge in [-0.25, -0.2) is 4.79 Å². The standard InChI is InChI=1S/C25H18ClN3O3/c26-22-8-4-2-6-16(22)14-29-24(31)21(13-27-25(29)32)23(30)28-18-9-10-20-17(12-18)11-15-5-1-3-7-19(15)20/h1-10,12-13H,11,14H2,(H,27,32)(H,28,30). The van der Waals surface area contributed by atoms with Crippen LogP contribution in [0.4, 0.5) is 5.69 Å². The van der Waals surface area contributed by atoms with Crippen LogP contribution in [-0.4, -0.2) is 15.5 Å². The van der Waals surface area contributed by atoms with Crippen LogP contribution in [0, 0.1) is 0 Å². The van der Waals surface area contributed by atoms with E-state index in [4.69, 9.17) is 11.6 Å². The number of carbonyl (C=O) groups excluding carboxylic acids is 1. The summed E-state index contributed by atoms with van der Waals surface area (Å²) in [6, 6.07) is 20.8. The number of amides is 1. The summed E-state index contributed by atoms with van der Waals surface area (Å²) in [6.45, 7) is -0.0357. The molecular formula is C25H18ClN3O3. The minimum atomic E-state index is -0.681. The van der Waals surface area contributed by atoms with Crippen molar-refractivity contribution in [2.75, 3.05) is 5.32 Å². The first kappa shape index (κ1) is 20.0. The van der Waals surface area contributed by atoms with E-state index in [1.165, 1.54) is 11.1 Å². The van der Waals surface area contributed by atoms with Crippen LogP contribution in [0.15, 0.2) is 82.5 Å². The maximum Gasteiger partial charge on any atom is 0.328 e. The SMILES string of the molecule is O=C(Nc1ccc2c(c1)Cc1ccccc1-2)c1c[nH]c(=O)n(Cc2ccccc2Cl)c1=O. The molecule has 5 rings (SSSR count). The lowest BCUT2D eigenvalue weighted by Gasteiger charge is -2.10. The number of benzene rings is 3. The van der Waals surface area contributed by atoms with Crippen LogP contribution < -0.4 is 16.6 Å². The number of aromatic nitrogens is 2. The summed E-state index contributed by atoms with van der Waals surface area (Å²) in [7, 11) is 0. The van der Waals surface area contributed by atoms with E-state index in [9.17, 15) is 14.4 Å². The van der Waals surface area contributed by atoms with Gasteiger partial charge < -0.3 is 10.3 Å². The minimum absolute atomic E-state index is 0.0357. The number of hydrogen-bond acceptors (Lipinski definition) is 3. The minimum Gasteiger partial charge on any atom is -0.322 e. The van der Waals surface area contributed by atoms with Gasteiger partial charge in [-0.05, 0) is 52.4 Å². The zero-order chi connectivity index (χ0) is 22.2. The molecule has 1 heterocycles. The van der Waals surface area contributed by atoms with Crippen molar-refractivity contribution >= 4 is 23.2 Å². The van der Waals surface area contributed by atoms with E-state index < -0.39 is 17.2 Å². The molecule has 2 N–H and O–H groups in total. The second-order valence-electron chi connectivity index (χ2n) is 7.65. The first-order valence-corrected chi connectivity index (χ1v) is 10.5. The second-order valence-corrected chi connectivity index (χ2v) is 8.06. The molecule has 0 saturated carbocycles. The average molecular weight is 444 g/mol. The molecule has 1 amide bonds. The molecule has 158 valence electrons. The molecule has 0 atom stereocenters. The van der Waals surface area contributed by atoms with Gasteiger partial charge in [0.25, 0.3) is 11.5 Å². The van der Waals surface area contributed by atoms with E-state index in [1.54, 1.807) is 24.3 Å². The van der Waals surface area contributed by atoms with Crippen LogP contribution in [0.25, 0.3) is 11.1 Å². The zero-order valence-electron chi connectivity index (χ0n) is 16.9. The summed E-state index contributed by atoms with van der Waals surface area (Å²) in [5, 5.41) is 3.21. The number of nitrogens with zero attached hydrogens (tertiary/aromatic N) is 1. The Bertz CT molecular complexity index is 1490. The number of halogens is 1. The Morgan fingerprint density at radius 2 is 1.72 bits per heavy atom. The first-order chi connectivity index (χ1) is 15.5. The Morgan fingerprint density at radius 3 is 2.56 bits per heavy atom. The Morgan fingerprint density at radius 1 is 0.969 bits per heavy atom. The predicted octanol–water partition coefficient (Wildman–Crippen LogP) is 4.06. The summed E-state index contributed by atoms with van der Waals surface area (Å²) in [5.74, 6) is -0.588. The quantitative estimate of drug-likeness (QED) is 0.439. The summed E-state index contributed by atoms with van der Waals surface area (Å²) < 4.78 is 0.968. The zero-order valence-corrected chi connectivity index (χ0v) is 17.6. The Labute approximate surface area is 188 Å². The lowest BCUT2D eigenvalue weighted by atomic mass is 10.1. The van der Waals surface area contributed by atoms with Crippen LogP contribution in [0.2, 0.25) is 5.02 Å². The predicted molar refractivity (Wildman–Crippen MR) is 125 cm³/mol. The van der Waals surface area contributed by atoms with Gasteiger partial charge in [0.05, 0.1) is 6.54 Å². The fourth-order valence-electron chi connectivity index (χ4n) is 4.04. The number of anilines is 1. The van der Waals surface area contributed by atoms with Crippen LogP contribution in [-0.2, 0) is 13.0 Å². The van der Waals surface area contributed by atoms with E-state index >= 15 is 0 Å². The number of nitrogens with one attached hydrogen (secondary N) is 2. The van der Waals surface area contributed by atoms with E-state index in [-0.39, 0.29) is 12.1 Å². The van der Waals surface area contributed by atoms with Gasteiger partial charge in [-0.1, -0.05) is 60.1 Å². The van der Waals surface area contributed by atoms with E-state index in [1.807, 2.05) is 30.3 Å². The molecule has 3 aromatic carbocycles. The molecule has 0 fully saturated rings. The molecule has 0 bridgehead atoms.